The third kappa shape index (κ3) is 2.32. The molecular weight excluding hydrogens is 226 g/mol. The summed E-state index contributed by atoms with van der Waals surface area (Å²) in [6.45, 7) is 3.02. The van der Waals surface area contributed by atoms with E-state index in [0.29, 0.717) is 4.75 Å². The van der Waals surface area contributed by atoms with E-state index in [4.69, 9.17) is 17.3 Å². The fraction of sp³-hybridized carbons (Fsp3) is 0.500. The summed E-state index contributed by atoms with van der Waals surface area (Å²) < 4.78 is 0.308. The molecule has 1 saturated carbocycles. The van der Waals surface area contributed by atoms with E-state index in [0.717, 1.165) is 17.5 Å². The van der Waals surface area contributed by atoms with Crippen molar-refractivity contribution >= 4 is 23.4 Å². The number of hydrogen-bond acceptors (Lipinski definition) is 2. The molecule has 1 aliphatic rings. The first-order valence-corrected chi connectivity index (χ1v) is 6.54. The Morgan fingerprint density at radius 2 is 2.13 bits per heavy atom. The Kier molecular flexibility index (Phi) is 3.29. The van der Waals surface area contributed by atoms with Crippen LogP contribution < -0.4 is 5.73 Å². The maximum absolute atomic E-state index is 5.87. The highest BCUT2D eigenvalue weighted by Crippen LogP contribution is 2.57. The van der Waals surface area contributed by atoms with E-state index in [1.807, 2.05) is 23.9 Å². The molecule has 1 fully saturated rings. The second-order valence-electron chi connectivity index (χ2n) is 4.13. The Bertz CT molecular complexity index is 338. The van der Waals surface area contributed by atoms with Gasteiger partial charge in [0.2, 0.25) is 0 Å². The first-order chi connectivity index (χ1) is 7.20. The summed E-state index contributed by atoms with van der Waals surface area (Å²) in [6, 6.07) is 8.04. The van der Waals surface area contributed by atoms with Crippen LogP contribution in [0.4, 0.5) is 0 Å². The maximum Gasteiger partial charge on any atom is 0.0406 e. The predicted molar refractivity (Wildman–Crippen MR) is 67.5 cm³/mol. The van der Waals surface area contributed by atoms with Crippen molar-refractivity contribution in [1.29, 1.82) is 0 Å². The van der Waals surface area contributed by atoms with Gasteiger partial charge in [0.25, 0.3) is 0 Å². The van der Waals surface area contributed by atoms with Crippen molar-refractivity contribution in [3.63, 3.8) is 0 Å². The maximum atomic E-state index is 5.87. The summed E-state index contributed by atoms with van der Waals surface area (Å²) >= 11 is 7.77. The topological polar surface area (TPSA) is 26.0 Å². The first kappa shape index (κ1) is 11.3. The minimum absolute atomic E-state index is 0.308. The third-order valence-corrected chi connectivity index (χ3v) is 4.98. The van der Waals surface area contributed by atoms with Gasteiger partial charge in [-0.25, -0.2) is 0 Å². The molecule has 0 aromatic heterocycles. The number of nitrogens with two attached hydrogens (primary N) is 1. The molecule has 0 amide bonds. The number of halogens is 1. The summed E-state index contributed by atoms with van der Waals surface area (Å²) in [5, 5.41) is 0.795. The van der Waals surface area contributed by atoms with Crippen LogP contribution in [0.1, 0.15) is 19.8 Å². The Morgan fingerprint density at radius 3 is 2.60 bits per heavy atom. The Hall–Kier alpha value is -0.180. The molecule has 0 radical (unpaired) electrons. The fourth-order valence-electron chi connectivity index (χ4n) is 2.03. The van der Waals surface area contributed by atoms with Crippen LogP contribution >= 0.6 is 23.4 Å². The van der Waals surface area contributed by atoms with Gasteiger partial charge in [0.15, 0.2) is 0 Å². The van der Waals surface area contributed by atoms with Crippen molar-refractivity contribution in [1.82, 2.24) is 0 Å². The molecular formula is C12H16ClNS. The summed E-state index contributed by atoms with van der Waals surface area (Å²) in [5.74, 6) is 0.795. The SMILES string of the molecule is CCC1CC1(CN)Sc1ccc(Cl)cc1. The highest BCUT2D eigenvalue weighted by Gasteiger charge is 2.52. The highest BCUT2D eigenvalue weighted by atomic mass is 35.5. The highest BCUT2D eigenvalue weighted by molar-refractivity contribution is 8.01. The minimum atomic E-state index is 0.308. The van der Waals surface area contributed by atoms with Crippen LogP contribution in [0.5, 0.6) is 0 Å². The second-order valence-corrected chi connectivity index (χ2v) is 6.06. The lowest BCUT2D eigenvalue weighted by Crippen LogP contribution is -2.20. The minimum Gasteiger partial charge on any atom is -0.329 e. The molecule has 0 heterocycles. The van der Waals surface area contributed by atoms with Gasteiger partial charge in [-0.05, 0) is 36.6 Å². The van der Waals surface area contributed by atoms with Crippen LogP contribution in [0, 0.1) is 5.92 Å². The van der Waals surface area contributed by atoms with Crippen molar-refractivity contribution in [3.8, 4) is 0 Å². The largest absolute Gasteiger partial charge is 0.329 e. The molecule has 2 N–H and O–H groups in total. The number of benzene rings is 1. The van der Waals surface area contributed by atoms with E-state index in [1.165, 1.54) is 17.7 Å². The van der Waals surface area contributed by atoms with Gasteiger partial charge in [0, 0.05) is 21.2 Å². The lowest BCUT2D eigenvalue weighted by Gasteiger charge is -2.14. The molecule has 1 aromatic rings. The summed E-state index contributed by atoms with van der Waals surface area (Å²) in [5.41, 5.74) is 5.87. The van der Waals surface area contributed by atoms with Crippen molar-refractivity contribution in [3.05, 3.63) is 29.3 Å². The van der Waals surface area contributed by atoms with Crippen LogP contribution in [0.2, 0.25) is 5.02 Å². The number of thioether (sulfide) groups is 1. The molecule has 82 valence electrons. The van der Waals surface area contributed by atoms with Crippen LogP contribution in [0.15, 0.2) is 29.2 Å². The molecule has 2 unspecified atom stereocenters. The fourth-order valence-corrected chi connectivity index (χ4v) is 3.60. The monoisotopic (exact) mass is 241 g/mol. The van der Waals surface area contributed by atoms with E-state index in [1.54, 1.807) is 0 Å². The molecule has 1 nitrogen and oxygen atoms in total. The van der Waals surface area contributed by atoms with Crippen LogP contribution in [0.3, 0.4) is 0 Å². The van der Waals surface area contributed by atoms with Crippen molar-refractivity contribution in [2.45, 2.75) is 29.4 Å². The molecule has 0 saturated heterocycles. The lowest BCUT2D eigenvalue weighted by atomic mass is 10.2. The zero-order valence-corrected chi connectivity index (χ0v) is 10.4. The Morgan fingerprint density at radius 1 is 1.47 bits per heavy atom. The molecule has 0 bridgehead atoms. The van der Waals surface area contributed by atoms with Gasteiger partial charge in [0.1, 0.15) is 0 Å². The summed E-state index contributed by atoms with van der Waals surface area (Å²) in [7, 11) is 0. The summed E-state index contributed by atoms with van der Waals surface area (Å²) in [6.07, 6.45) is 2.49. The molecule has 2 atom stereocenters. The van der Waals surface area contributed by atoms with Gasteiger partial charge in [-0.3, -0.25) is 0 Å². The summed E-state index contributed by atoms with van der Waals surface area (Å²) in [4.78, 5) is 1.28. The molecule has 1 aromatic carbocycles. The van der Waals surface area contributed by atoms with E-state index in [2.05, 4.69) is 19.1 Å². The van der Waals surface area contributed by atoms with Gasteiger partial charge < -0.3 is 5.73 Å². The van der Waals surface area contributed by atoms with Crippen LogP contribution in [0.25, 0.3) is 0 Å². The van der Waals surface area contributed by atoms with Crippen molar-refractivity contribution in [2.24, 2.45) is 11.7 Å². The van der Waals surface area contributed by atoms with E-state index < -0.39 is 0 Å². The standard InChI is InChI=1S/C12H16ClNS/c1-2-9-7-12(9,8-14)15-11-5-3-10(13)4-6-11/h3-6,9H,2,7-8,14H2,1H3. The quantitative estimate of drug-likeness (QED) is 0.873. The Balaban J connectivity index is 2.05. The van der Waals surface area contributed by atoms with Gasteiger partial charge in [-0.1, -0.05) is 24.9 Å². The molecule has 2 rings (SSSR count). The van der Waals surface area contributed by atoms with Gasteiger partial charge in [-0.2, -0.15) is 0 Å². The van der Waals surface area contributed by atoms with Gasteiger partial charge >= 0.3 is 0 Å². The third-order valence-electron chi connectivity index (χ3n) is 3.15. The predicted octanol–water partition coefficient (Wildman–Crippen LogP) is 3.56. The van der Waals surface area contributed by atoms with E-state index in [-0.39, 0.29) is 0 Å². The lowest BCUT2D eigenvalue weighted by molar-refractivity contribution is 0.718. The zero-order valence-electron chi connectivity index (χ0n) is 8.87. The van der Waals surface area contributed by atoms with Crippen molar-refractivity contribution < 1.29 is 0 Å². The van der Waals surface area contributed by atoms with E-state index >= 15 is 0 Å². The van der Waals surface area contributed by atoms with Gasteiger partial charge in [-0.15, -0.1) is 11.8 Å². The molecule has 3 heteroatoms. The normalized spacial score (nSPS) is 29.1. The van der Waals surface area contributed by atoms with Crippen LogP contribution in [-0.2, 0) is 0 Å². The average Bonchev–Trinajstić information content (AvgIpc) is 2.96. The average molecular weight is 242 g/mol. The molecule has 0 aliphatic heterocycles. The number of hydrogen-bond donors (Lipinski definition) is 1. The smallest absolute Gasteiger partial charge is 0.0406 e. The molecule has 15 heavy (non-hydrogen) atoms. The second kappa shape index (κ2) is 4.36. The first-order valence-electron chi connectivity index (χ1n) is 5.35. The number of rotatable bonds is 4. The Labute approximate surface area is 100 Å². The molecule has 0 spiro atoms. The van der Waals surface area contributed by atoms with E-state index in [9.17, 15) is 0 Å². The van der Waals surface area contributed by atoms with Crippen LogP contribution in [-0.4, -0.2) is 11.3 Å². The molecule has 1 aliphatic carbocycles. The zero-order chi connectivity index (χ0) is 10.9. The van der Waals surface area contributed by atoms with Gasteiger partial charge in [0.05, 0.1) is 0 Å². The van der Waals surface area contributed by atoms with Crippen molar-refractivity contribution in [2.75, 3.05) is 6.54 Å².